The van der Waals surface area contributed by atoms with Gasteiger partial charge in [-0.15, -0.1) is 13.2 Å². The molecule has 0 saturated heterocycles. The third-order valence-corrected chi connectivity index (χ3v) is 8.01. The Morgan fingerprint density at radius 1 is 1.09 bits per heavy atom. The fourth-order valence-electron chi connectivity index (χ4n) is 6.25. The molecule has 33 heavy (non-hydrogen) atoms. The normalized spacial score (nSPS) is 30.8. The number of carbonyl (C=O) groups is 1. The first-order chi connectivity index (χ1) is 15.4. The van der Waals surface area contributed by atoms with Gasteiger partial charge in [-0.3, -0.25) is 0 Å². The smallest absolute Gasteiger partial charge is 0.573 e. The van der Waals surface area contributed by atoms with Crippen LogP contribution in [0.25, 0.3) is 0 Å². The van der Waals surface area contributed by atoms with Gasteiger partial charge in [0.1, 0.15) is 12.2 Å². The lowest BCUT2D eigenvalue weighted by molar-refractivity contribution is -0.275. The minimum atomic E-state index is -4.95. The van der Waals surface area contributed by atoms with Gasteiger partial charge in [0.05, 0.1) is 21.4 Å². The molecule has 0 amide bonds. The molecule has 4 saturated carbocycles. The van der Waals surface area contributed by atoms with E-state index in [1.807, 2.05) is 6.92 Å². The van der Waals surface area contributed by atoms with Gasteiger partial charge in [-0.25, -0.2) is 13.2 Å². The van der Waals surface area contributed by atoms with Crippen molar-refractivity contribution in [2.75, 3.05) is 12.4 Å². The number of esters is 1. The molecule has 0 heterocycles. The second-order valence-electron chi connectivity index (χ2n) is 9.32. The number of halogens is 3. The van der Waals surface area contributed by atoms with Crippen LogP contribution in [-0.2, 0) is 14.9 Å². The topological polar surface area (TPSA) is 102 Å². The highest BCUT2D eigenvalue weighted by Gasteiger charge is 2.58. The Kier molecular flexibility index (Phi) is 6.32. The summed E-state index contributed by atoms with van der Waals surface area (Å²) >= 11 is 0. The van der Waals surface area contributed by atoms with Crippen LogP contribution in [-0.4, -0.2) is 43.3 Å². The van der Waals surface area contributed by atoms with Crippen molar-refractivity contribution >= 4 is 16.1 Å². The van der Waals surface area contributed by atoms with Crippen molar-refractivity contribution < 1.29 is 45.1 Å². The van der Waals surface area contributed by atoms with Crippen LogP contribution >= 0.6 is 0 Å². The minimum Gasteiger partial charge on any atom is -0.748 e. The molecule has 184 valence electrons. The first-order valence-electron chi connectivity index (χ1n) is 11.1. The Labute approximate surface area is 190 Å². The highest BCUT2D eigenvalue weighted by molar-refractivity contribution is 7.85. The van der Waals surface area contributed by atoms with E-state index < -0.39 is 46.2 Å². The molecule has 0 atom stereocenters. The van der Waals surface area contributed by atoms with Gasteiger partial charge in [0, 0.05) is 0 Å². The standard InChI is InChI=1S/C22H27F3O7S/c1-2-21(16-8-13-7-14(10-16)11-17(21)9-13)31-19-12-15(3-4-18(19)32-22(23,24)25)20(26)30-5-6-33(27,28)29/h3-4,12-14,16-17H,2,5-11H2,1H3,(H,27,28,29)/p-1. The van der Waals surface area contributed by atoms with Gasteiger partial charge in [-0.2, -0.15) is 0 Å². The molecule has 11 heteroatoms. The van der Waals surface area contributed by atoms with Crippen LogP contribution in [0.2, 0.25) is 0 Å². The molecule has 0 radical (unpaired) electrons. The molecule has 0 aromatic heterocycles. The Bertz CT molecular complexity index is 978. The zero-order valence-electron chi connectivity index (χ0n) is 18.1. The van der Waals surface area contributed by atoms with Crippen LogP contribution in [0.3, 0.4) is 0 Å². The van der Waals surface area contributed by atoms with E-state index in [4.69, 9.17) is 9.47 Å². The lowest BCUT2D eigenvalue weighted by Gasteiger charge is -2.60. The zero-order valence-corrected chi connectivity index (χ0v) is 18.9. The molecule has 0 spiro atoms. The van der Waals surface area contributed by atoms with Crippen LogP contribution < -0.4 is 9.47 Å². The minimum absolute atomic E-state index is 0.127. The summed E-state index contributed by atoms with van der Waals surface area (Å²) in [5.74, 6) is -0.943. The number of ether oxygens (including phenoxy) is 3. The fraction of sp³-hybridized carbons (Fsp3) is 0.682. The van der Waals surface area contributed by atoms with E-state index >= 15 is 0 Å². The number of alkyl halides is 3. The maximum atomic E-state index is 13.0. The second-order valence-corrected chi connectivity index (χ2v) is 10.8. The molecule has 0 aliphatic heterocycles. The Morgan fingerprint density at radius 2 is 1.70 bits per heavy atom. The number of benzene rings is 1. The monoisotopic (exact) mass is 491 g/mol. The maximum absolute atomic E-state index is 13.0. The summed E-state index contributed by atoms with van der Waals surface area (Å²) in [7, 11) is -4.57. The van der Waals surface area contributed by atoms with E-state index in [1.54, 1.807) is 0 Å². The van der Waals surface area contributed by atoms with Gasteiger partial charge >= 0.3 is 12.3 Å². The summed E-state index contributed by atoms with van der Waals surface area (Å²) in [5, 5.41) is 0. The molecule has 7 nitrogen and oxygen atoms in total. The first-order valence-corrected chi connectivity index (χ1v) is 12.7. The summed E-state index contributed by atoms with van der Waals surface area (Å²) in [4.78, 5) is 12.3. The summed E-state index contributed by atoms with van der Waals surface area (Å²) in [6.07, 6.45) is 0.762. The fourth-order valence-corrected chi connectivity index (χ4v) is 6.53. The van der Waals surface area contributed by atoms with Crippen molar-refractivity contribution in [3.8, 4) is 11.5 Å². The SMILES string of the molecule is CCC1(Oc2cc(C(=O)OCCS(=O)(=O)[O-])ccc2OC(F)(F)F)C2CC3CC(C2)CC1C3. The third-order valence-electron chi connectivity index (χ3n) is 7.34. The predicted octanol–water partition coefficient (Wildman–Crippen LogP) is 4.27. The number of hydrogen-bond donors (Lipinski definition) is 0. The maximum Gasteiger partial charge on any atom is 0.573 e. The van der Waals surface area contributed by atoms with Gasteiger partial charge in [-0.05, 0) is 80.4 Å². The number of hydrogen-bond acceptors (Lipinski definition) is 7. The zero-order chi connectivity index (χ0) is 24.0. The van der Waals surface area contributed by atoms with Crippen molar-refractivity contribution in [2.24, 2.45) is 23.7 Å². The summed E-state index contributed by atoms with van der Waals surface area (Å²) in [5.41, 5.74) is -0.770. The lowest BCUT2D eigenvalue weighted by Crippen LogP contribution is -2.60. The predicted molar refractivity (Wildman–Crippen MR) is 109 cm³/mol. The molecular weight excluding hydrogens is 465 g/mol. The van der Waals surface area contributed by atoms with E-state index in [2.05, 4.69) is 4.74 Å². The average molecular weight is 492 g/mol. The second kappa shape index (κ2) is 8.65. The largest absolute Gasteiger partial charge is 0.748 e. The van der Waals surface area contributed by atoms with Crippen molar-refractivity contribution in [2.45, 2.75) is 57.4 Å². The Morgan fingerprint density at radius 3 is 2.21 bits per heavy atom. The first kappa shape index (κ1) is 24.1. The van der Waals surface area contributed by atoms with E-state index in [0.29, 0.717) is 18.3 Å². The molecule has 1 aromatic carbocycles. The van der Waals surface area contributed by atoms with Gasteiger partial charge in [0.25, 0.3) is 0 Å². The van der Waals surface area contributed by atoms with E-state index in [9.17, 15) is 30.9 Å². The highest BCUT2D eigenvalue weighted by atomic mass is 32.2. The van der Waals surface area contributed by atoms with Crippen molar-refractivity contribution in [1.29, 1.82) is 0 Å². The van der Waals surface area contributed by atoms with Gasteiger partial charge in [0.15, 0.2) is 11.5 Å². The molecule has 4 aliphatic rings. The number of rotatable bonds is 8. The van der Waals surface area contributed by atoms with Crippen LogP contribution in [0.4, 0.5) is 13.2 Å². The summed E-state index contributed by atoms with van der Waals surface area (Å²) in [6, 6.07) is 3.21. The third kappa shape index (κ3) is 5.24. The average Bonchev–Trinajstić information content (AvgIpc) is 2.69. The molecule has 4 aliphatic carbocycles. The molecule has 4 fully saturated rings. The Balaban J connectivity index is 1.62. The van der Waals surface area contributed by atoms with E-state index in [1.165, 1.54) is 6.42 Å². The van der Waals surface area contributed by atoms with Crippen molar-refractivity contribution in [1.82, 2.24) is 0 Å². The van der Waals surface area contributed by atoms with Crippen molar-refractivity contribution in [3.05, 3.63) is 23.8 Å². The van der Waals surface area contributed by atoms with E-state index in [-0.39, 0.29) is 23.1 Å². The molecule has 4 bridgehead atoms. The lowest BCUT2D eigenvalue weighted by atomic mass is 9.49. The van der Waals surface area contributed by atoms with Gasteiger partial charge in [0.2, 0.25) is 0 Å². The van der Waals surface area contributed by atoms with E-state index in [0.717, 1.165) is 43.9 Å². The van der Waals surface area contributed by atoms with Crippen molar-refractivity contribution in [3.63, 3.8) is 0 Å². The molecule has 0 N–H and O–H groups in total. The quantitative estimate of drug-likeness (QED) is 0.395. The van der Waals surface area contributed by atoms with Gasteiger partial charge < -0.3 is 18.8 Å². The number of carbonyl (C=O) groups excluding carboxylic acids is 1. The van der Waals surface area contributed by atoms with Crippen LogP contribution in [0.1, 0.15) is 55.8 Å². The van der Waals surface area contributed by atoms with Crippen LogP contribution in [0, 0.1) is 23.7 Å². The van der Waals surface area contributed by atoms with Gasteiger partial charge in [-0.1, -0.05) is 6.92 Å². The summed E-state index contributed by atoms with van der Waals surface area (Å²) in [6.45, 7) is 1.31. The van der Waals surface area contributed by atoms with Crippen LogP contribution in [0.5, 0.6) is 11.5 Å². The molecule has 0 unspecified atom stereocenters. The molecule has 5 rings (SSSR count). The molecular formula is C22H26F3O7S-. The van der Waals surface area contributed by atoms with Crippen LogP contribution in [0.15, 0.2) is 18.2 Å². The highest BCUT2D eigenvalue weighted by Crippen LogP contribution is 2.61. The molecule has 1 aromatic rings. The summed E-state index contributed by atoms with van der Waals surface area (Å²) < 4.78 is 86.6. The Hall–Kier alpha value is -2.01.